The number of carbonyl (C=O) groups is 1. The van der Waals surface area contributed by atoms with Crippen LogP contribution in [0, 0.1) is 0 Å². The fourth-order valence-electron chi connectivity index (χ4n) is 4.61. The Balaban J connectivity index is 1.71. The summed E-state index contributed by atoms with van der Waals surface area (Å²) in [6.45, 7) is 8.92. The number of pyridine rings is 1. The van der Waals surface area contributed by atoms with Crippen LogP contribution in [0.25, 0.3) is 20.4 Å². The second-order valence-electron chi connectivity index (χ2n) is 8.99. The zero-order valence-corrected chi connectivity index (χ0v) is 20.6. The molecule has 0 aliphatic carbocycles. The second kappa shape index (κ2) is 8.43. The molecule has 2 aliphatic heterocycles. The average molecular weight is 473 g/mol. The summed E-state index contributed by atoms with van der Waals surface area (Å²) in [5.74, 6) is 0.839. The number of carbonyl (C=O) groups excluding carboxylic acids is 1. The third kappa shape index (κ3) is 3.74. The number of anilines is 1. The Morgan fingerprint density at radius 1 is 1.31 bits per heavy atom. The number of thiophene rings is 1. The zero-order valence-electron chi connectivity index (χ0n) is 18.9. The van der Waals surface area contributed by atoms with Crippen molar-refractivity contribution in [2.45, 2.75) is 68.9 Å². The number of hydrogen-bond acceptors (Lipinski definition) is 9. The van der Waals surface area contributed by atoms with Crippen molar-refractivity contribution in [1.82, 2.24) is 15.0 Å². The first-order valence-electron chi connectivity index (χ1n) is 11.1. The van der Waals surface area contributed by atoms with Crippen molar-refractivity contribution >= 4 is 55.3 Å². The standard InChI is InChI=1S/C23H28N4O3S2/c1-5-15(22(28)29-4)31-21-18-17(24-12-25-21)16-13-10-23(2,3)30-11-14(13)19(26-20(16)32-18)27-8-6-7-9-27/h12,15H,5-11H2,1-4H3. The van der Waals surface area contributed by atoms with E-state index in [0.29, 0.717) is 13.0 Å². The number of rotatable bonds is 5. The largest absolute Gasteiger partial charge is 0.468 e. The number of esters is 1. The minimum Gasteiger partial charge on any atom is -0.468 e. The van der Waals surface area contributed by atoms with E-state index in [-0.39, 0.29) is 16.8 Å². The summed E-state index contributed by atoms with van der Waals surface area (Å²) >= 11 is 3.08. The van der Waals surface area contributed by atoms with E-state index in [4.69, 9.17) is 14.5 Å². The van der Waals surface area contributed by atoms with Crippen molar-refractivity contribution in [2.24, 2.45) is 0 Å². The first-order valence-corrected chi connectivity index (χ1v) is 12.8. The molecular weight excluding hydrogens is 444 g/mol. The molecule has 32 heavy (non-hydrogen) atoms. The molecule has 3 aromatic heterocycles. The molecule has 0 amide bonds. The molecule has 2 aliphatic rings. The van der Waals surface area contributed by atoms with Gasteiger partial charge < -0.3 is 14.4 Å². The highest BCUT2D eigenvalue weighted by atomic mass is 32.2. The van der Waals surface area contributed by atoms with Crippen LogP contribution in [0.4, 0.5) is 5.82 Å². The molecule has 1 atom stereocenters. The summed E-state index contributed by atoms with van der Waals surface area (Å²) < 4.78 is 12.2. The van der Waals surface area contributed by atoms with Crippen molar-refractivity contribution in [2.75, 3.05) is 25.1 Å². The smallest absolute Gasteiger partial charge is 0.319 e. The van der Waals surface area contributed by atoms with E-state index in [1.165, 1.54) is 42.8 Å². The van der Waals surface area contributed by atoms with Gasteiger partial charge in [-0.05, 0) is 38.7 Å². The van der Waals surface area contributed by atoms with Crippen molar-refractivity contribution < 1.29 is 14.3 Å². The molecule has 170 valence electrons. The molecule has 9 heteroatoms. The van der Waals surface area contributed by atoms with Crippen LogP contribution < -0.4 is 4.90 Å². The Morgan fingerprint density at radius 3 is 2.81 bits per heavy atom. The fourth-order valence-corrected chi connectivity index (χ4v) is 6.86. The Hall–Kier alpha value is -1.97. The second-order valence-corrected chi connectivity index (χ2v) is 11.2. The number of hydrogen-bond donors (Lipinski definition) is 0. The summed E-state index contributed by atoms with van der Waals surface area (Å²) in [6.07, 6.45) is 5.50. The number of thioether (sulfide) groups is 1. The van der Waals surface area contributed by atoms with Crippen LogP contribution in [0.5, 0.6) is 0 Å². The Morgan fingerprint density at radius 2 is 2.09 bits per heavy atom. The lowest BCUT2D eigenvalue weighted by Gasteiger charge is -2.34. The lowest BCUT2D eigenvalue weighted by atomic mass is 9.90. The van der Waals surface area contributed by atoms with Crippen molar-refractivity contribution in [3.63, 3.8) is 0 Å². The highest BCUT2D eigenvalue weighted by molar-refractivity contribution is 8.00. The van der Waals surface area contributed by atoms with E-state index in [9.17, 15) is 4.79 Å². The molecule has 0 aromatic carbocycles. The molecule has 1 unspecified atom stereocenters. The van der Waals surface area contributed by atoms with Crippen LogP contribution in [0.15, 0.2) is 11.4 Å². The van der Waals surface area contributed by atoms with Gasteiger partial charge in [-0.2, -0.15) is 0 Å². The van der Waals surface area contributed by atoms with E-state index >= 15 is 0 Å². The summed E-state index contributed by atoms with van der Waals surface area (Å²) in [4.78, 5) is 30.0. The fraction of sp³-hybridized carbons (Fsp3) is 0.565. The lowest BCUT2D eigenvalue weighted by molar-refractivity contribution is -0.140. The normalized spacial score (nSPS) is 18.8. The Bertz CT molecular complexity index is 1190. The first kappa shape index (κ1) is 21.9. The van der Waals surface area contributed by atoms with Gasteiger partial charge in [0.15, 0.2) is 0 Å². The first-order chi connectivity index (χ1) is 15.4. The van der Waals surface area contributed by atoms with E-state index in [1.54, 1.807) is 17.7 Å². The predicted molar refractivity (Wildman–Crippen MR) is 129 cm³/mol. The van der Waals surface area contributed by atoms with E-state index in [1.807, 2.05) is 6.92 Å². The Kier molecular flexibility index (Phi) is 5.75. The number of aromatic nitrogens is 3. The molecular formula is C23H28N4O3S2. The molecule has 0 bridgehead atoms. The molecule has 3 aromatic rings. The van der Waals surface area contributed by atoms with E-state index in [0.717, 1.165) is 50.8 Å². The number of fused-ring (bicyclic) bond motifs is 5. The van der Waals surface area contributed by atoms with Gasteiger partial charge in [-0.3, -0.25) is 4.79 Å². The van der Waals surface area contributed by atoms with Gasteiger partial charge in [-0.15, -0.1) is 11.3 Å². The van der Waals surface area contributed by atoms with E-state index < -0.39 is 0 Å². The minimum atomic E-state index is -0.294. The zero-order chi connectivity index (χ0) is 22.5. The average Bonchev–Trinajstić information content (AvgIpc) is 3.44. The highest BCUT2D eigenvalue weighted by Gasteiger charge is 2.33. The van der Waals surface area contributed by atoms with Crippen LogP contribution in [0.3, 0.4) is 0 Å². The van der Waals surface area contributed by atoms with Crippen LogP contribution in [-0.2, 0) is 27.3 Å². The van der Waals surface area contributed by atoms with Gasteiger partial charge in [0.1, 0.15) is 27.3 Å². The highest BCUT2D eigenvalue weighted by Crippen LogP contribution is 2.45. The summed E-state index contributed by atoms with van der Waals surface area (Å²) in [5.41, 5.74) is 3.19. The van der Waals surface area contributed by atoms with Gasteiger partial charge in [-0.1, -0.05) is 18.7 Å². The number of ether oxygens (including phenoxy) is 2. The van der Waals surface area contributed by atoms with Gasteiger partial charge >= 0.3 is 5.97 Å². The van der Waals surface area contributed by atoms with Crippen LogP contribution in [-0.4, -0.2) is 52.0 Å². The third-order valence-corrected chi connectivity index (χ3v) is 8.82. The molecule has 0 spiro atoms. The molecule has 1 saturated heterocycles. The van der Waals surface area contributed by atoms with Gasteiger partial charge in [0.25, 0.3) is 0 Å². The van der Waals surface area contributed by atoms with Crippen LogP contribution in [0.1, 0.15) is 51.2 Å². The number of nitrogens with zero attached hydrogens (tertiary/aromatic N) is 4. The molecule has 7 nitrogen and oxygen atoms in total. The summed E-state index contributed by atoms with van der Waals surface area (Å²) in [7, 11) is 1.43. The lowest BCUT2D eigenvalue weighted by Crippen LogP contribution is -2.33. The molecule has 5 rings (SSSR count). The van der Waals surface area contributed by atoms with Crippen molar-refractivity contribution in [3.05, 3.63) is 17.5 Å². The monoisotopic (exact) mass is 472 g/mol. The van der Waals surface area contributed by atoms with Gasteiger partial charge in [-0.25, -0.2) is 15.0 Å². The quantitative estimate of drug-likeness (QED) is 0.300. The Labute approximate surface area is 195 Å². The molecule has 0 N–H and O–H groups in total. The van der Waals surface area contributed by atoms with Gasteiger partial charge in [0.05, 0.1) is 29.5 Å². The van der Waals surface area contributed by atoms with Crippen molar-refractivity contribution in [3.8, 4) is 0 Å². The maximum Gasteiger partial charge on any atom is 0.319 e. The minimum absolute atomic E-state index is 0.226. The summed E-state index contributed by atoms with van der Waals surface area (Å²) in [5, 5.41) is 1.64. The molecule has 1 fully saturated rings. The number of methoxy groups -OCH3 is 1. The SMILES string of the molecule is CCC(Sc1ncnc2c1sc1nc(N3CCCC3)c3c(c12)CC(C)(C)OC3)C(=O)OC. The van der Waals surface area contributed by atoms with Crippen LogP contribution in [0.2, 0.25) is 0 Å². The third-order valence-electron chi connectivity index (χ3n) is 6.27. The predicted octanol–water partition coefficient (Wildman–Crippen LogP) is 4.73. The van der Waals surface area contributed by atoms with E-state index in [2.05, 4.69) is 28.7 Å². The van der Waals surface area contributed by atoms with Gasteiger partial charge in [0, 0.05) is 30.5 Å². The topological polar surface area (TPSA) is 77.4 Å². The summed E-state index contributed by atoms with van der Waals surface area (Å²) in [6, 6.07) is 0. The molecule has 5 heterocycles. The molecule has 0 radical (unpaired) electrons. The van der Waals surface area contributed by atoms with Crippen LogP contribution >= 0.6 is 23.1 Å². The maximum absolute atomic E-state index is 12.2. The molecule has 0 saturated carbocycles. The maximum atomic E-state index is 12.2. The van der Waals surface area contributed by atoms with Gasteiger partial charge in [0.2, 0.25) is 0 Å². The van der Waals surface area contributed by atoms with Crippen molar-refractivity contribution in [1.29, 1.82) is 0 Å².